The molecule has 144 valence electrons. The van der Waals surface area contributed by atoms with E-state index in [4.69, 9.17) is 4.74 Å². The number of carbonyl (C=O) groups is 1. The fourth-order valence-electron chi connectivity index (χ4n) is 2.54. The highest BCUT2D eigenvalue weighted by molar-refractivity contribution is 8.00. The second-order valence-corrected chi connectivity index (χ2v) is 7.50. The smallest absolute Gasteiger partial charge is 0.319 e. The van der Waals surface area contributed by atoms with Gasteiger partial charge in [0.05, 0.1) is 10.6 Å². The van der Waals surface area contributed by atoms with Gasteiger partial charge in [-0.05, 0) is 37.6 Å². The number of hydrogen-bond donors (Lipinski definition) is 0. The number of fused-ring (bicyclic) bond motifs is 1. The number of ether oxygens (including phenoxy) is 1. The van der Waals surface area contributed by atoms with Crippen LogP contribution in [0.4, 0.5) is 5.69 Å². The number of aryl methyl sites for hydroxylation is 1. The Morgan fingerprint density at radius 3 is 2.71 bits per heavy atom. The normalized spacial score (nSPS) is 11.9. The molecule has 0 aliphatic carbocycles. The van der Waals surface area contributed by atoms with E-state index in [-0.39, 0.29) is 17.9 Å². The van der Waals surface area contributed by atoms with Crippen LogP contribution in [0.1, 0.15) is 18.2 Å². The first kappa shape index (κ1) is 19.6. The summed E-state index contributed by atoms with van der Waals surface area (Å²) >= 11 is 1.23. The molecule has 0 aliphatic heterocycles. The first-order valence-electron chi connectivity index (χ1n) is 8.41. The van der Waals surface area contributed by atoms with E-state index in [2.05, 4.69) is 4.98 Å². The van der Waals surface area contributed by atoms with Gasteiger partial charge in [0.15, 0.2) is 0 Å². The molecule has 0 amide bonds. The van der Waals surface area contributed by atoms with E-state index in [9.17, 15) is 19.7 Å². The van der Waals surface area contributed by atoms with E-state index in [1.807, 2.05) is 13.0 Å². The number of nitro groups is 1. The molecule has 0 saturated carbocycles. The monoisotopic (exact) mass is 399 g/mol. The zero-order valence-electron chi connectivity index (χ0n) is 15.2. The quantitative estimate of drug-likeness (QED) is 0.271. The predicted molar refractivity (Wildman–Crippen MR) is 104 cm³/mol. The molecule has 2 heterocycles. The summed E-state index contributed by atoms with van der Waals surface area (Å²) < 4.78 is 6.73. The van der Waals surface area contributed by atoms with Crippen molar-refractivity contribution in [1.82, 2.24) is 9.38 Å². The van der Waals surface area contributed by atoms with Gasteiger partial charge >= 0.3 is 5.97 Å². The number of carbonyl (C=O) groups excluding carboxylic acids is 1. The topological polar surface area (TPSA) is 104 Å². The van der Waals surface area contributed by atoms with Crippen LogP contribution in [0.3, 0.4) is 0 Å². The van der Waals surface area contributed by atoms with E-state index in [0.717, 1.165) is 5.56 Å². The molecule has 1 atom stereocenters. The molecule has 0 saturated heterocycles. The Hall–Kier alpha value is -3.20. The van der Waals surface area contributed by atoms with Gasteiger partial charge in [0.1, 0.15) is 17.5 Å². The van der Waals surface area contributed by atoms with Crippen LogP contribution in [0, 0.1) is 17.0 Å². The summed E-state index contributed by atoms with van der Waals surface area (Å²) in [7, 11) is 0. The molecule has 9 heteroatoms. The molecule has 0 fully saturated rings. The highest BCUT2D eigenvalue weighted by atomic mass is 32.2. The average molecular weight is 399 g/mol. The number of esters is 1. The molecule has 2 aromatic heterocycles. The zero-order valence-corrected chi connectivity index (χ0v) is 16.0. The Kier molecular flexibility index (Phi) is 5.74. The Balaban J connectivity index is 1.65. The highest BCUT2D eigenvalue weighted by Crippen LogP contribution is 2.26. The van der Waals surface area contributed by atoms with Crippen LogP contribution in [-0.4, -0.2) is 25.5 Å². The van der Waals surface area contributed by atoms with Gasteiger partial charge in [-0.1, -0.05) is 6.07 Å². The van der Waals surface area contributed by atoms with Gasteiger partial charge in [0.25, 0.3) is 11.2 Å². The molecule has 0 N–H and O–H groups in total. The van der Waals surface area contributed by atoms with Gasteiger partial charge in [0.2, 0.25) is 0 Å². The van der Waals surface area contributed by atoms with Gasteiger partial charge in [-0.25, -0.2) is 4.98 Å². The SMILES string of the molecule is Cc1cccn2c(=O)cc(COC(=O)[C@@H](C)Sc3ccc([N+](=O)[O-])cc3)nc12. The Labute approximate surface area is 164 Å². The molecule has 0 radical (unpaired) electrons. The maximum absolute atomic E-state index is 12.2. The number of non-ortho nitro benzene ring substituents is 1. The van der Waals surface area contributed by atoms with Crippen molar-refractivity contribution in [3.8, 4) is 0 Å². The van der Waals surface area contributed by atoms with E-state index < -0.39 is 16.1 Å². The molecule has 0 bridgehead atoms. The predicted octanol–water partition coefficient (Wildman–Crippen LogP) is 3.14. The summed E-state index contributed by atoms with van der Waals surface area (Å²) in [6.07, 6.45) is 1.64. The molecule has 1 aromatic carbocycles. The highest BCUT2D eigenvalue weighted by Gasteiger charge is 2.17. The molecular formula is C19H17N3O5S. The van der Waals surface area contributed by atoms with Crippen LogP contribution in [0.15, 0.2) is 58.4 Å². The van der Waals surface area contributed by atoms with Crippen LogP contribution in [0.5, 0.6) is 0 Å². The van der Waals surface area contributed by atoms with Gasteiger partial charge in [-0.15, -0.1) is 11.8 Å². The summed E-state index contributed by atoms with van der Waals surface area (Å²) in [6, 6.07) is 10.9. The lowest BCUT2D eigenvalue weighted by Gasteiger charge is -2.11. The van der Waals surface area contributed by atoms with Gasteiger partial charge in [-0.3, -0.25) is 24.1 Å². The first-order valence-corrected chi connectivity index (χ1v) is 9.29. The van der Waals surface area contributed by atoms with Crippen molar-refractivity contribution >= 4 is 29.1 Å². The maximum Gasteiger partial charge on any atom is 0.319 e. The van der Waals surface area contributed by atoms with Crippen molar-refractivity contribution in [2.45, 2.75) is 30.6 Å². The molecule has 0 spiro atoms. The number of hydrogen-bond acceptors (Lipinski definition) is 7. The van der Waals surface area contributed by atoms with Crippen molar-refractivity contribution in [2.75, 3.05) is 0 Å². The van der Waals surface area contributed by atoms with Crippen LogP contribution in [-0.2, 0) is 16.1 Å². The number of pyridine rings is 1. The van der Waals surface area contributed by atoms with Crippen LogP contribution in [0.25, 0.3) is 5.65 Å². The largest absolute Gasteiger partial charge is 0.458 e. The van der Waals surface area contributed by atoms with Crippen molar-refractivity contribution in [3.05, 3.63) is 80.4 Å². The molecule has 3 rings (SSSR count). The number of rotatable bonds is 6. The minimum Gasteiger partial charge on any atom is -0.458 e. The van der Waals surface area contributed by atoms with E-state index >= 15 is 0 Å². The number of benzene rings is 1. The Morgan fingerprint density at radius 1 is 1.32 bits per heavy atom. The number of nitrogens with zero attached hydrogens (tertiary/aromatic N) is 3. The van der Waals surface area contributed by atoms with E-state index in [1.165, 1.54) is 34.4 Å². The third-order valence-corrected chi connectivity index (χ3v) is 5.08. The van der Waals surface area contributed by atoms with Crippen molar-refractivity contribution in [2.24, 2.45) is 0 Å². The molecule has 8 nitrogen and oxygen atoms in total. The Morgan fingerprint density at radius 2 is 2.04 bits per heavy atom. The number of nitro benzene ring substituents is 1. The molecule has 0 unspecified atom stereocenters. The van der Waals surface area contributed by atoms with Crippen molar-refractivity contribution in [1.29, 1.82) is 0 Å². The van der Waals surface area contributed by atoms with Crippen molar-refractivity contribution < 1.29 is 14.5 Å². The molecular weight excluding hydrogens is 382 g/mol. The van der Waals surface area contributed by atoms with Crippen LogP contribution < -0.4 is 5.56 Å². The van der Waals surface area contributed by atoms with Crippen LogP contribution in [0.2, 0.25) is 0 Å². The fourth-order valence-corrected chi connectivity index (χ4v) is 3.41. The van der Waals surface area contributed by atoms with Gasteiger partial charge < -0.3 is 4.74 Å². The molecule has 0 aliphatic rings. The third kappa shape index (κ3) is 4.37. The second-order valence-electron chi connectivity index (χ2n) is 6.09. The maximum atomic E-state index is 12.2. The first-order chi connectivity index (χ1) is 13.3. The van der Waals surface area contributed by atoms with Gasteiger partial charge in [-0.2, -0.15) is 0 Å². The Bertz CT molecular complexity index is 1090. The lowest BCUT2D eigenvalue weighted by atomic mass is 10.3. The van der Waals surface area contributed by atoms with Crippen molar-refractivity contribution in [3.63, 3.8) is 0 Å². The molecule has 28 heavy (non-hydrogen) atoms. The average Bonchev–Trinajstić information content (AvgIpc) is 2.67. The summed E-state index contributed by atoms with van der Waals surface area (Å²) in [4.78, 5) is 39.7. The summed E-state index contributed by atoms with van der Waals surface area (Å²) in [5.41, 5.74) is 1.49. The number of thioether (sulfide) groups is 1. The summed E-state index contributed by atoms with van der Waals surface area (Å²) in [5.74, 6) is -0.463. The number of aromatic nitrogens is 2. The minimum atomic E-state index is -0.523. The van der Waals surface area contributed by atoms with E-state index in [0.29, 0.717) is 16.2 Å². The van der Waals surface area contributed by atoms with Gasteiger partial charge in [0, 0.05) is 29.3 Å². The lowest BCUT2D eigenvalue weighted by molar-refractivity contribution is -0.384. The third-order valence-electron chi connectivity index (χ3n) is 3.99. The molecule has 3 aromatic rings. The summed E-state index contributed by atoms with van der Waals surface area (Å²) in [5, 5.41) is 10.2. The minimum absolute atomic E-state index is 0.0106. The van der Waals surface area contributed by atoms with E-state index in [1.54, 1.807) is 31.3 Å². The standard InChI is InChI=1S/C19H17N3O5S/c1-12-4-3-9-21-17(23)10-14(20-18(12)21)11-27-19(24)13(2)28-16-7-5-15(6-8-16)22(25)26/h3-10,13H,11H2,1-2H3/t13-/m1/s1. The summed E-state index contributed by atoms with van der Waals surface area (Å²) in [6.45, 7) is 3.42. The second kappa shape index (κ2) is 8.22. The lowest BCUT2D eigenvalue weighted by Crippen LogP contribution is -2.20. The zero-order chi connectivity index (χ0) is 20.3. The fraction of sp³-hybridized carbons (Fsp3) is 0.211. The van der Waals surface area contributed by atoms with Crippen LogP contribution >= 0.6 is 11.8 Å².